The van der Waals surface area contributed by atoms with Crippen molar-refractivity contribution in [1.82, 2.24) is 0 Å². The third-order valence-electron chi connectivity index (χ3n) is 2.96. The summed E-state index contributed by atoms with van der Waals surface area (Å²) in [5.74, 6) is -1.29. The first kappa shape index (κ1) is 15.4. The quantitative estimate of drug-likeness (QED) is 0.596. The highest BCUT2D eigenvalue weighted by Crippen LogP contribution is 2.30. The van der Waals surface area contributed by atoms with Crippen LogP contribution in [0.5, 0.6) is 17.2 Å². The van der Waals surface area contributed by atoms with Crippen LogP contribution in [-0.2, 0) is 4.74 Å². The van der Waals surface area contributed by atoms with Crippen molar-refractivity contribution in [2.45, 2.75) is 6.92 Å². The Labute approximate surface area is 127 Å². The Kier molecular flexibility index (Phi) is 4.68. The number of phenols is 3. The Bertz CT molecular complexity index is 678. The van der Waals surface area contributed by atoms with Gasteiger partial charge in [-0.05, 0) is 42.3 Å². The van der Waals surface area contributed by atoms with Gasteiger partial charge in [-0.25, -0.2) is 4.79 Å². The summed E-state index contributed by atoms with van der Waals surface area (Å²) in [6.45, 7) is 1.79. The summed E-state index contributed by atoms with van der Waals surface area (Å²) in [7, 11) is 0. The van der Waals surface area contributed by atoms with Gasteiger partial charge in [0.2, 0.25) is 0 Å². The van der Waals surface area contributed by atoms with Crippen LogP contribution in [0.25, 0.3) is 12.2 Å². The Balaban J connectivity index is 2.26. The molecule has 0 amide bonds. The zero-order valence-corrected chi connectivity index (χ0v) is 12.0. The first-order valence-corrected chi connectivity index (χ1v) is 6.71. The number of aromatic hydroxyl groups is 3. The minimum Gasteiger partial charge on any atom is -0.508 e. The summed E-state index contributed by atoms with van der Waals surface area (Å²) in [6.07, 6.45) is 3.42. The third kappa shape index (κ3) is 3.58. The van der Waals surface area contributed by atoms with Crippen LogP contribution in [0.2, 0.25) is 0 Å². The van der Waals surface area contributed by atoms with Crippen LogP contribution in [0, 0.1) is 0 Å². The number of phenolic OH excluding ortho intramolecular Hbond substituents is 3. The van der Waals surface area contributed by atoms with Crippen LogP contribution in [0.1, 0.15) is 28.4 Å². The van der Waals surface area contributed by atoms with Gasteiger partial charge in [0.05, 0.1) is 6.61 Å². The van der Waals surface area contributed by atoms with Crippen molar-refractivity contribution in [3.8, 4) is 17.2 Å². The van der Waals surface area contributed by atoms with Gasteiger partial charge in [0.1, 0.15) is 22.8 Å². The number of hydrogen-bond donors (Lipinski definition) is 3. The van der Waals surface area contributed by atoms with E-state index in [1.54, 1.807) is 43.3 Å². The smallest absolute Gasteiger partial charge is 0.345 e. The first-order valence-electron chi connectivity index (χ1n) is 6.71. The first-order chi connectivity index (χ1) is 10.5. The van der Waals surface area contributed by atoms with Gasteiger partial charge in [-0.15, -0.1) is 0 Å². The molecular formula is C17H16O5. The number of rotatable bonds is 4. The van der Waals surface area contributed by atoms with E-state index in [-0.39, 0.29) is 29.4 Å². The summed E-state index contributed by atoms with van der Waals surface area (Å²) in [4.78, 5) is 11.6. The van der Waals surface area contributed by atoms with Gasteiger partial charge in [0, 0.05) is 0 Å². The summed E-state index contributed by atoms with van der Waals surface area (Å²) in [5.41, 5.74) is 1.12. The highest BCUT2D eigenvalue weighted by molar-refractivity contribution is 5.96. The van der Waals surface area contributed by atoms with Crippen molar-refractivity contribution in [1.29, 1.82) is 0 Å². The molecule has 5 nitrogen and oxygen atoms in total. The van der Waals surface area contributed by atoms with E-state index in [0.29, 0.717) is 5.56 Å². The molecule has 0 heterocycles. The Morgan fingerprint density at radius 2 is 1.55 bits per heavy atom. The predicted octanol–water partition coefficient (Wildman–Crippen LogP) is 3.15. The van der Waals surface area contributed by atoms with Crippen LogP contribution >= 0.6 is 0 Å². The maximum atomic E-state index is 11.6. The van der Waals surface area contributed by atoms with Crippen molar-refractivity contribution in [2.24, 2.45) is 0 Å². The highest BCUT2D eigenvalue weighted by atomic mass is 16.5. The molecule has 0 aromatic heterocycles. The van der Waals surface area contributed by atoms with E-state index in [4.69, 9.17) is 4.74 Å². The maximum absolute atomic E-state index is 11.6. The summed E-state index contributed by atoms with van der Waals surface area (Å²) >= 11 is 0. The molecule has 114 valence electrons. The minimum atomic E-state index is -0.772. The molecule has 22 heavy (non-hydrogen) atoms. The second-order valence-electron chi connectivity index (χ2n) is 4.58. The molecule has 5 heteroatoms. The normalized spacial score (nSPS) is 10.8. The lowest BCUT2D eigenvalue weighted by Gasteiger charge is -2.07. The molecule has 0 aliphatic heterocycles. The molecule has 2 aromatic carbocycles. The number of hydrogen-bond acceptors (Lipinski definition) is 5. The van der Waals surface area contributed by atoms with E-state index in [9.17, 15) is 20.1 Å². The molecule has 0 fully saturated rings. The van der Waals surface area contributed by atoms with Gasteiger partial charge < -0.3 is 20.1 Å². The average Bonchev–Trinajstić information content (AvgIpc) is 2.46. The van der Waals surface area contributed by atoms with Crippen LogP contribution in [-0.4, -0.2) is 27.9 Å². The second-order valence-corrected chi connectivity index (χ2v) is 4.58. The molecule has 0 radical (unpaired) electrons. The molecule has 2 rings (SSSR count). The van der Waals surface area contributed by atoms with E-state index >= 15 is 0 Å². The number of carbonyl (C=O) groups excluding carboxylic acids is 1. The molecule has 2 aromatic rings. The number of esters is 1. The van der Waals surface area contributed by atoms with Gasteiger partial charge >= 0.3 is 5.97 Å². The second kappa shape index (κ2) is 6.67. The summed E-state index contributed by atoms with van der Waals surface area (Å²) in [5, 5.41) is 29.0. The van der Waals surface area contributed by atoms with Crippen molar-refractivity contribution in [3.63, 3.8) is 0 Å². The fraction of sp³-hybridized carbons (Fsp3) is 0.118. The van der Waals surface area contributed by atoms with Crippen molar-refractivity contribution < 1.29 is 24.9 Å². The van der Waals surface area contributed by atoms with E-state index in [2.05, 4.69) is 0 Å². The average molecular weight is 300 g/mol. The van der Waals surface area contributed by atoms with Gasteiger partial charge in [0.15, 0.2) is 0 Å². The molecular weight excluding hydrogens is 284 g/mol. The predicted molar refractivity (Wildman–Crippen MR) is 82.8 cm³/mol. The van der Waals surface area contributed by atoms with Crippen molar-refractivity contribution >= 4 is 18.1 Å². The zero-order chi connectivity index (χ0) is 16.1. The van der Waals surface area contributed by atoms with Crippen LogP contribution in [0.4, 0.5) is 0 Å². The Hall–Kier alpha value is -2.95. The fourth-order valence-corrected chi connectivity index (χ4v) is 1.92. The monoisotopic (exact) mass is 300 g/mol. The number of carbonyl (C=O) groups is 1. The molecule has 0 saturated carbocycles. The lowest BCUT2D eigenvalue weighted by atomic mass is 10.1. The molecule has 0 saturated heterocycles. The summed E-state index contributed by atoms with van der Waals surface area (Å²) in [6, 6.07) is 9.28. The van der Waals surface area contributed by atoms with E-state index < -0.39 is 5.97 Å². The van der Waals surface area contributed by atoms with Gasteiger partial charge in [-0.2, -0.15) is 0 Å². The molecule has 0 aliphatic rings. The zero-order valence-electron chi connectivity index (χ0n) is 12.0. The third-order valence-corrected chi connectivity index (χ3v) is 2.96. The summed E-state index contributed by atoms with van der Waals surface area (Å²) < 4.78 is 4.77. The van der Waals surface area contributed by atoms with E-state index in [1.165, 1.54) is 12.1 Å². The molecule has 0 bridgehead atoms. The number of ether oxygens (including phenoxy) is 1. The number of benzene rings is 2. The Morgan fingerprint density at radius 1 is 1.00 bits per heavy atom. The highest BCUT2D eigenvalue weighted by Gasteiger charge is 2.18. The largest absolute Gasteiger partial charge is 0.508 e. The molecule has 0 unspecified atom stereocenters. The van der Waals surface area contributed by atoms with E-state index in [0.717, 1.165) is 5.56 Å². The standard InChI is InChI=1S/C17H16O5/c1-2-22-17(21)16-14(19)9-12(10-15(16)20)4-3-11-5-7-13(18)8-6-11/h3-10,18-20H,2H2,1H3/b4-3+. The van der Waals surface area contributed by atoms with Gasteiger partial charge in [0.25, 0.3) is 0 Å². The van der Waals surface area contributed by atoms with Crippen LogP contribution in [0.3, 0.4) is 0 Å². The van der Waals surface area contributed by atoms with Crippen molar-refractivity contribution in [2.75, 3.05) is 6.61 Å². The molecule has 0 spiro atoms. The SMILES string of the molecule is CCOC(=O)c1c(O)cc(/C=C/c2ccc(O)cc2)cc1O. The fourth-order valence-electron chi connectivity index (χ4n) is 1.92. The Morgan fingerprint density at radius 3 is 2.09 bits per heavy atom. The minimum absolute atomic E-state index is 0.153. The molecule has 0 aliphatic carbocycles. The molecule has 3 N–H and O–H groups in total. The lowest BCUT2D eigenvalue weighted by molar-refractivity contribution is 0.0519. The topological polar surface area (TPSA) is 87.0 Å². The molecule has 0 atom stereocenters. The van der Waals surface area contributed by atoms with Gasteiger partial charge in [-0.1, -0.05) is 24.3 Å². The van der Waals surface area contributed by atoms with Gasteiger partial charge in [-0.3, -0.25) is 0 Å². The maximum Gasteiger partial charge on any atom is 0.345 e. The van der Waals surface area contributed by atoms with Crippen molar-refractivity contribution in [3.05, 3.63) is 53.1 Å². The van der Waals surface area contributed by atoms with Crippen LogP contribution in [0.15, 0.2) is 36.4 Å². The lowest BCUT2D eigenvalue weighted by Crippen LogP contribution is -2.05. The van der Waals surface area contributed by atoms with Crippen LogP contribution < -0.4 is 0 Å². The van der Waals surface area contributed by atoms with E-state index in [1.807, 2.05) is 0 Å².